The fourth-order valence-corrected chi connectivity index (χ4v) is 1.93. The van der Waals surface area contributed by atoms with Crippen molar-refractivity contribution in [2.75, 3.05) is 13.2 Å². The normalized spacial score (nSPS) is 12.5. The van der Waals surface area contributed by atoms with E-state index < -0.39 is 6.10 Å². The Balaban J connectivity index is 2.72. The summed E-state index contributed by atoms with van der Waals surface area (Å²) in [5.41, 5.74) is 1.10. The Labute approximate surface area is 111 Å². The number of rotatable bonds is 7. The van der Waals surface area contributed by atoms with E-state index in [1.54, 1.807) is 0 Å². The molecule has 1 aromatic carbocycles. The van der Waals surface area contributed by atoms with Gasteiger partial charge in [-0.2, -0.15) is 0 Å². The quantitative estimate of drug-likeness (QED) is 0.814. The fourth-order valence-electron chi connectivity index (χ4n) is 1.41. The molecule has 17 heavy (non-hydrogen) atoms. The summed E-state index contributed by atoms with van der Waals surface area (Å²) in [6, 6.07) is 5.96. The van der Waals surface area contributed by atoms with Crippen molar-refractivity contribution < 1.29 is 9.84 Å². The molecule has 1 aromatic rings. The third kappa shape index (κ3) is 4.66. The predicted molar refractivity (Wildman–Crippen MR) is 73.3 cm³/mol. The molecule has 0 fully saturated rings. The first-order valence-corrected chi connectivity index (χ1v) is 6.77. The summed E-state index contributed by atoms with van der Waals surface area (Å²) in [4.78, 5) is 0. The number of para-hydroxylation sites is 1. The SMILES string of the molecule is CCNCc1cccc(Br)c1OCC(O)CC. The minimum Gasteiger partial charge on any atom is -0.489 e. The van der Waals surface area contributed by atoms with Crippen LogP contribution in [0.1, 0.15) is 25.8 Å². The topological polar surface area (TPSA) is 41.5 Å². The number of benzene rings is 1. The smallest absolute Gasteiger partial charge is 0.138 e. The highest BCUT2D eigenvalue weighted by Crippen LogP contribution is 2.29. The number of hydrogen-bond donors (Lipinski definition) is 2. The molecule has 96 valence electrons. The zero-order valence-corrected chi connectivity index (χ0v) is 12.0. The highest BCUT2D eigenvalue weighted by Gasteiger charge is 2.09. The van der Waals surface area contributed by atoms with Crippen LogP contribution >= 0.6 is 15.9 Å². The van der Waals surface area contributed by atoms with E-state index in [0.717, 1.165) is 28.9 Å². The molecule has 0 bridgehead atoms. The van der Waals surface area contributed by atoms with Crippen LogP contribution in [0.3, 0.4) is 0 Å². The Morgan fingerprint density at radius 1 is 1.41 bits per heavy atom. The molecule has 1 rings (SSSR count). The third-order valence-electron chi connectivity index (χ3n) is 2.51. The average molecular weight is 302 g/mol. The first-order chi connectivity index (χ1) is 8.19. The summed E-state index contributed by atoms with van der Waals surface area (Å²) >= 11 is 3.48. The molecule has 0 aromatic heterocycles. The second kappa shape index (κ2) is 7.69. The number of nitrogens with one attached hydrogen (secondary N) is 1. The largest absolute Gasteiger partial charge is 0.489 e. The molecule has 0 radical (unpaired) electrons. The van der Waals surface area contributed by atoms with Crippen LogP contribution in [0.5, 0.6) is 5.75 Å². The molecular weight excluding hydrogens is 282 g/mol. The Morgan fingerprint density at radius 3 is 2.82 bits per heavy atom. The van der Waals surface area contributed by atoms with Gasteiger partial charge in [0.05, 0.1) is 10.6 Å². The summed E-state index contributed by atoms with van der Waals surface area (Å²) in [5.74, 6) is 0.820. The third-order valence-corrected chi connectivity index (χ3v) is 3.13. The Bertz CT molecular complexity index is 344. The van der Waals surface area contributed by atoms with Gasteiger partial charge >= 0.3 is 0 Å². The molecule has 4 heteroatoms. The molecule has 0 amide bonds. The standard InChI is InChI=1S/C13H20BrNO2/c1-3-11(16)9-17-13-10(8-15-4-2)6-5-7-12(13)14/h5-7,11,15-16H,3-4,8-9H2,1-2H3. The molecular formula is C13H20BrNO2. The van der Waals surface area contributed by atoms with E-state index >= 15 is 0 Å². The van der Waals surface area contributed by atoms with Crippen molar-refractivity contribution in [3.63, 3.8) is 0 Å². The monoisotopic (exact) mass is 301 g/mol. The van der Waals surface area contributed by atoms with Crippen molar-refractivity contribution in [1.82, 2.24) is 5.32 Å². The van der Waals surface area contributed by atoms with Gasteiger partial charge in [-0.1, -0.05) is 26.0 Å². The van der Waals surface area contributed by atoms with Crippen LogP contribution in [0.4, 0.5) is 0 Å². The molecule has 0 saturated carbocycles. The molecule has 2 N–H and O–H groups in total. The highest BCUT2D eigenvalue weighted by atomic mass is 79.9. The minimum absolute atomic E-state index is 0.332. The molecule has 1 unspecified atom stereocenters. The molecule has 0 saturated heterocycles. The maximum absolute atomic E-state index is 9.52. The van der Waals surface area contributed by atoms with E-state index in [0.29, 0.717) is 13.0 Å². The first kappa shape index (κ1) is 14.5. The van der Waals surface area contributed by atoms with Gasteiger partial charge in [-0.25, -0.2) is 0 Å². The van der Waals surface area contributed by atoms with Crippen molar-refractivity contribution in [3.05, 3.63) is 28.2 Å². The van der Waals surface area contributed by atoms with E-state index in [-0.39, 0.29) is 0 Å². The van der Waals surface area contributed by atoms with Gasteiger partial charge in [-0.3, -0.25) is 0 Å². The Kier molecular flexibility index (Phi) is 6.55. The van der Waals surface area contributed by atoms with Crippen molar-refractivity contribution in [2.45, 2.75) is 32.9 Å². The Morgan fingerprint density at radius 2 is 2.18 bits per heavy atom. The van der Waals surface area contributed by atoms with Crippen molar-refractivity contribution in [1.29, 1.82) is 0 Å². The van der Waals surface area contributed by atoms with Crippen molar-refractivity contribution in [3.8, 4) is 5.75 Å². The van der Waals surface area contributed by atoms with Crippen LogP contribution in [0.2, 0.25) is 0 Å². The number of aliphatic hydroxyl groups is 1. The average Bonchev–Trinajstić information content (AvgIpc) is 2.34. The van der Waals surface area contributed by atoms with E-state index in [1.165, 1.54) is 0 Å². The van der Waals surface area contributed by atoms with Crippen molar-refractivity contribution >= 4 is 15.9 Å². The number of aliphatic hydroxyl groups excluding tert-OH is 1. The number of ether oxygens (including phenoxy) is 1. The molecule has 0 aliphatic carbocycles. The summed E-state index contributed by atoms with van der Waals surface area (Å²) in [6.07, 6.45) is 0.293. The first-order valence-electron chi connectivity index (χ1n) is 5.98. The highest BCUT2D eigenvalue weighted by molar-refractivity contribution is 9.10. The van der Waals surface area contributed by atoms with Crippen LogP contribution in [-0.2, 0) is 6.54 Å². The van der Waals surface area contributed by atoms with Gasteiger partial charge in [0, 0.05) is 12.1 Å². The Hall–Kier alpha value is -0.580. The zero-order valence-electron chi connectivity index (χ0n) is 10.4. The maximum Gasteiger partial charge on any atom is 0.138 e. The number of hydrogen-bond acceptors (Lipinski definition) is 3. The van der Waals surface area contributed by atoms with Gasteiger partial charge in [-0.15, -0.1) is 0 Å². The lowest BCUT2D eigenvalue weighted by atomic mass is 10.2. The summed E-state index contributed by atoms with van der Waals surface area (Å²) in [6.45, 7) is 6.03. The van der Waals surface area contributed by atoms with Gasteiger partial charge < -0.3 is 15.2 Å². The van der Waals surface area contributed by atoms with Gasteiger partial charge in [-0.05, 0) is 35.0 Å². The summed E-state index contributed by atoms with van der Waals surface area (Å²) < 4.78 is 6.61. The second-order valence-electron chi connectivity index (χ2n) is 3.88. The molecule has 0 spiro atoms. The summed E-state index contributed by atoms with van der Waals surface area (Å²) in [5, 5.41) is 12.8. The summed E-state index contributed by atoms with van der Waals surface area (Å²) in [7, 11) is 0. The van der Waals surface area contributed by atoms with Gasteiger partial charge in [0.25, 0.3) is 0 Å². The molecule has 0 heterocycles. The van der Waals surface area contributed by atoms with Crippen molar-refractivity contribution in [2.24, 2.45) is 0 Å². The van der Waals surface area contributed by atoms with Crippen LogP contribution in [0.15, 0.2) is 22.7 Å². The minimum atomic E-state index is -0.408. The predicted octanol–water partition coefficient (Wildman–Crippen LogP) is 2.71. The van der Waals surface area contributed by atoms with Gasteiger partial charge in [0.1, 0.15) is 12.4 Å². The lowest BCUT2D eigenvalue weighted by Crippen LogP contribution is -2.18. The molecule has 3 nitrogen and oxygen atoms in total. The lowest BCUT2D eigenvalue weighted by molar-refractivity contribution is 0.103. The van der Waals surface area contributed by atoms with Crippen LogP contribution in [0, 0.1) is 0 Å². The van der Waals surface area contributed by atoms with Gasteiger partial charge in [0.15, 0.2) is 0 Å². The lowest BCUT2D eigenvalue weighted by Gasteiger charge is -2.15. The van der Waals surface area contributed by atoms with Crippen LogP contribution < -0.4 is 10.1 Å². The molecule has 0 aliphatic rings. The molecule has 0 aliphatic heterocycles. The van der Waals surface area contributed by atoms with Gasteiger partial charge in [0.2, 0.25) is 0 Å². The van der Waals surface area contributed by atoms with Crippen LogP contribution in [-0.4, -0.2) is 24.4 Å². The van der Waals surface area contributed by atoms with Crippen LogP contribution in [0.25, 0.3) is 0 Å². The second-order valence-corrected chi connectivity index (χ2v) is 4.74. The van der Waals surface area contributed by atoms with E-state index in [9.17, 15) is 5.11 Å². The fraction of sp³-hybridized carbons (Fsp3) is 0.538. The zero-order chi connectivity index (χ0) is 12.7. The maximum atomic E-state index is 9.52. The van der Waals surface area contributed by atoms with E-state index in [1.807, 2.05) is 25.1 Å². The molecule has 1 atom stereocenters. The van der Waals surface area contributed by atoms with E-state index in [2.05, 4.69) is 28.2 Å². The van der Waals surface area contributed by atoms with E-state index in [4.69, 9.17) is 4.74 Å². The number of halogens is 1.